The molecule has 3 heterocycles. The number of hydrogen-bond acceptors (Lipinski definition) is 9. The maximum Gasteiger partial charge on any atom is 0.229 e. The Balaban J connectivity index is 1.48. The summed E-state index contributed by atoms with van der Waals surface area (Å²) in [7, 11) is 0. The van der Waals surface area contributed by atoms with Gasteiger partial charge in [0.15, 0.2) is 11.6 Å². The first-order valence-electron chi connectivity index (χ1n) is 12.4. The first-order valence-corrected chi connectivity index (χ1v) is 12.4. The summed E-state index contributed by atoms with van der Waals surface area (Å²) in [4.78, 5) is 26.1. The van der Waals surface area contributed by atoms with Gasteiger partial charge in [-0.3, -0.25) is 9.80 Å². The van der Waals surface area contributed by atoms with Crippen LogP contribution in [0.15, 0.2) is 55.4 Å². The van der Waals surface area contributed by atoms with Gasteiger partial charge in [0.25, 0.3) is 0 Å². The average Bonchev–Trinajstić information content (AvgIpc) is 2.87. The monoisotopic (exact) mass is 485 g/mol. The van der Waals surface area contributed by atoms with Crippen molar-refractivity contribution in [3.63, 3.8) is 0 Å². The van der Waals surface area contributed by atoms with Crippen molar-refractivity contribution in [2.45, 2.75) is 45.3 Å². The second-order valence-electron chi connectivity index (χ2n) is 9.03. The lowest BCUT2D eigenvalue weighted by atomic mass is 9.96. The molecule has 2 aromatic heterocycles. The van der Waals surface area contributed by atoms with Gasteiger partial charge in [-0.25, -0.2) is 15.4 Å². The highest BCUT2D eigenvalue weighted by molar-refractivity contribution is 5.99. The molecule has 3 aromatic rings. The molecule has 1 saturated carbocycles. The van der Waals surface area contributed by atoms with Crippen LogP contribution in [0.4, 0.5) is 23.1 Å². The van der Waals surface area contributed by atoms with Gasteiger partial charge in [-0.15, -0.1) is 6.58 Å². The first kappa shape index (κ1) is 23.9. The largest absolute Gasteiger partial charge is 0.474 e. The Labute approximate surface area is 211 Å². The van der Waals surface area contributed by atoms with E-state index in [4.69, 9.17) is 9.72 Å². The highest BCUT2D eigenvalue weighted by Crippen LogP contribution is 2.31. The number of carbonyl (C=O) groups excluding carboxylic acids is 1. The van der Waals surface area contributed by atoms with Crippen molar-refractivity contribution >= 4 is 28.9 Å². The summed E-state index contributed by atoms with van der Waals surface area (Å²) in [5.74, 6) is 1.23. The molecular formula is C27H31N7O2. The fraction of sp³-hybridized carbons (Fsp3) is 0.333. The SMILES string of the molecule is C=CCNN(c1ccnc(OC2CCC2)c1)c1nc(Nc2ccc3c(c2)CNCC3)ncc1C(C)=O. The third-order valence-electron chi connectivity index (χ3n) is 6.42. The van der Waals surface area contributed by atoms with Gasteiger partial charge in [-0.1, -0.05) is 12.1 Å². The number of ketones is 1. The third kappa shape index (κ3) is 5.37. The van der Waals surface area contributed by atoms with Crippen LogP contribution >= 0.6 is 0 Å². The fourth-order valence-corrected chi connectivity index (χ4v) is 4.25. The molecule has 0 spiro atoms. The number of rotatable bonds is 10. The summed E-state index contributed by atoms with van der Waals surface area (Å²) >= 11 is 0. The predicted molar refractivity (Wildman–Crippen MR) is 140 cm³/mol. The van der Waals surface area contributed by atoms with Gasteiger partial charge in [-0.2, -0.15) is 4.98 Å². The van der Waals surface area contributed by atoms with Gasteiger partial charge < -0.3 is 15.4 Å². The second kappa shape index (κ2) is 10.8. The molecule has 0 amide bonds. The third-order valence-corrected chi connectivity index (χ3v) is 6.42. The quantitative estimate of drug-likeness (QED) is 0.221. The smallest absolute Gasteiger partial charge is 0.229 e. The van der Waals surface area contributed by atoms with Crippen LogP contribution in [0.5, 0.6) is 5.88 Å². The molecule has 1 fully saturated rings. The zero-order chi connectivity index (χ0) is 24.9. The number of hydrogen-bond donors (Lipinski definition) is 3. The summed E-state index contributed by atoms with van der Waals surface area (Å²) in [6.07, 6.45) is 9.48. The van der Waals surface area contributed by atoms with E-state index in [1.54, 1.807) is 23.5 Å². The Hall–Kier alpha value is -3.82. The minimum absolute atomic E-state index is 0.137. The Morgan fingerprint density at radius 3 is 2.92 bits per heavy atom. The van der Waals surface area contributed by atoms with E-state index in [2.05, 4.69) is 44.7 Å². The molecule has 1 aromatic carbocycles. The van der Waals surface area contributed by atoms with Crippen LogP contribution in [-0.4, -0.2) is 39.9 Å². The van der Waals surface area contributed by atoms with E-state index in [0.29, 0.717) is 29.8 Å². The number of nitrogens with zero attached hydrogens (tertiary/aromatic N) is 4. The highest BCUT2D eigenvalue weighted by Gasteiger charge is 2.23. The molecule has 0 unspecified atom stereocenters. The molecule has 0 saturated heterocycles. The number of nitrogens with one attached hydrogen (secondary N) is 3. The summed E-state index contributed by atoms with van der Waals surface area (Å²) in [6.45, 7) is 7.62. The zero-order valence-corrected chi connectivity index (χ0v) is 20.5. The average molecular weight is 486 g/mol. The number of benzene rings is 1. The number of pyridine rings is 1. The van der Waals surface area contributed by atoms with E-state index in [-0.39, 0.29) is 11.9 Å². The van der Waals surface area contributed by atoms with Crippen molar-refractivity contribution in [1.82, 2.24) is 25.7 Å². The molecule has 186 valence electrons. The van der Waals surface area contributed by atoms with Gasteiger partial charge in [0.05, 0.1) is 11.3 Å². The lowest BCUT2D eigenvalue weighted by Gasteiger charge is -2.28. The summed E-state index contributed by atoms with van der Waals surface area (Å²) < 4.78 is 6.00. The molecule has 9 nitrogen and oxygen atoms in total. The van der Waals surface area contributed by atoms with E-state index in [1.165, 1.54) is 24.5 Å². The standard InChI is InChI=1S/C27H31N7O2/c1-3-11-31-34(22-10-13-29-25(15-22)36-23-5-4-6-23)26-24(18(2)35)17-30-27(33-26)32-21-8-7-19-9-12-28-16-20(19)14-21/h3,7-8,10,13-15,17,23,28,31H,1,4-6,9,11-12,16H2,2H3,(H,30,32,33). The van der Waals surface area contributed by atoms with Crippen LogP contribution in [0.1, 0.15) is 47.7 Å². The van der Waals surface area contributed by atoms with Crippen molar-refractivity contribution in [3.05, 3.63) is 72.1 Å². The van der Waals surface area contributed by atoms with Gasteiger partial charge in [0.2, 0.25) is 11.8 Å². The van der Waals surface area contributed by atoms with Crippen LogP contribution in [0.2, 0.25) is 0 Å². The van der Waals surface area contributed by atoms with Crippen LogP contribution in [0, 0.1) is 0 Å². The van der Waals surface area contributed by atoms with Crippen molar-refractivity contribution in [1.29, 1.82) is 0 Å². The van der Waals surface area contributed by atoms with Gasteiger partial charge in [0, 0.05) is 37.2 Å². The molecule has 1 aliphatic heterocycles. The number of aromatic nitrogens is 3. The van der Waals surface area contributed by atoms with Crippen molar-refractivity contribution < 1.29 is 9.53 Å². The number of hydrazine groups is 1. The van der Waals surface area contributed by atoms with Crippen LogP contribution < -0.4 is 25.8 Å². The number of anilines is 4. The second-order valence-corrected chi connectivity index (χ2v) is 9.03. The maximum atomic E-state index is 12.5. The number of ether oxygens (including phenoxy) is 1. The van der Waals surface area contributed by atoms with Crippen molar-refractivity contribution in [3.8, 4) is 5.88 Å². The minimum atomic E-state index is -0.137. The fourth-order valence-electron chi connectivity index (χ4n) is 4.25. The molecule has 0 bridgehead atoms. The lowest BCUT2D eigenvalue weighted by molar-refractivity contribution is 0.101. The normalized spacial score (nSPS) is 14.9. The first-order chi connectivity index (χ1) is 17.6. The number of carbonyl (C=O) groups is 1. The van der Waals surface area contributed by atoms with E-state index >= 15 is 0 Å². The number of fused-ring (bicyclic) bond motifs is 1. The van der Waals surface area contributed by atoms with Gasteiger partial charge >= 0.3 is 0 Å². The molecule has 0 radical (unpaired) electrons. The molecule has 3 N–H and O–H groups in total. The van der Waals surface area contributed by atoms with E-state index in [1.807, 2.05) is 18.2 Å². The molecule has 36 heavy (non-hydrogen) atoms. The summed E-state index contributed by atoms with van der Waals surface area (Å²) in [5, 5.41) is 8.47. The zero-order valence-electron chi connectivity index (χ0n) is 20.5. The maximum absolute atomic E-state index is 12.5. The van der Waals surface area contributed by atoms with E-state index in [9.17, 15) is 4.79 Å². The molecular weight excluding hydrogens is 454 g/mol. The summed E-state index contributed by atoms with van der Waals surface area (Å²) in [5.41, 5.74) is 7.93. The van der Waals surface area contributed by atoms with Gasteiger partial charge in [-0.05, 0) is 68.5 Å². The minimum Gasteiger partial charge on any atom is -0.474 e. The van der Waals surface area contributed by atoms with Crippen molar-refractivity contribution in [2.75, 3.05) is 23.4 Å². The van der Waals surface area contributed by atoms with Crippen LogP contribution in [0.3, 0.4) is 0 Å². The van der Waals surface area contributed by atoms with Gasteiger partial charge in [0.1, 0.15) is 6.10 Å². The Morgan fingerprint density at radius 1 is 1.25 bits per heavy atom. The molecule has 9 heteroatoms. The molecule has 0 atom stereocenters. The van der Waals surface area contributed by atoms with Crippen LogP contribution in [-0.2, 0) is 13.0 Å². The molecule has 5 rings (SSSR count). The summed E-state index contributed by atoms with van der Waals surface area (Å²) in [6, 6.07) is 9.99. The molecule has 1 aliphatic carbocycles. The van der Waals surface area contributed by atoms with Crippen molar-refractivity contribution in [2.24, 2.45) is 0 Å². The van der Waals surface area contributed by atoms with Crippen LogP contribution in [0.25, 0.3) is 0 Å². The Bertz CT molecular complexity index is 1260. The highest BCUT2D eigenvalue weighted by atomic mass is 16.5. The number of Topliss-reactive ketones (excluding diaryl/α,β-unsaturated/α-hetero) is 1. The van der Waals surface area contributed by atoms with E-state index in [0.717, 1.165) is 43.7 Å². The Morgan fingerprint density at radius 2 is 2.14 bits per heavy atom. The lowest BCUT2D eigenvalue weighted by Crippen LogP contribution is -2.36. The topological polar surface area (TPSA) is 104 Å². The predicted octanol–water partition coefficient (Wildman–Crippen LogP) is 4.22. The van der Waals surface area contributed by atoms with E-state index < -0.39 is 0 Å². The Kier molecular flexibility index (Phi) is 7.20. The molecule has 2 aliphatic rings.